The standard InChI is InChI=1S/C21H24N4O3S2/c1-23(18-11-12-30(26,27)14-18)15-24-21(29)25(17-8-4-3-5-9-17)20(22-24)16-7-6-10-19(13-16)28-2/h3-10,13,18H,11-12,14-15H2,1-2H3. The molecule has 0 amide bonds. The zero-order valence-electron chi connectivity index (χ0n) is 16.9. The second kappa shape index (κ2) is 8.33. The number of aromatic nitrogens is 3. The summed E-state index contributed by atoms with van der Waals surface area (Å²) in [7, 11) is 0.592. The average Bonchev–Trinajstić information content (AvgIpc) is 3.28. The number of sulfone groups is 1. The van der Waals surface area contributed by atoms with Crippen molar-refractivity contribution in [1.29, 1.82) is 0 Å². The molecule has 0 N–H and O–H groups in total. The van der Waals surface area contributed by atoms with Crippen LogP contribution in [0, 0.1) is 4.77 Å². The van der Waals surface area contributed by atoms with Gasteiger partial charge in [0.25, 0.3) is 0 Å². The molecule has 0 saturated carbocycles. The van der Waals surface area contributed by atoms with Gasteiger partial charge >= 0.3 is 0 Å². The monoisotopic (exact) mass is 444 g/mol. The maximum absolute atomic E-state index is 11.9. The number of ether oxygens (including phenoxy) is 1. The molecule has 0 bridgehead atoms. The Morgan fingerprint density at radius 1 is 1.20 bits per heavy atom. The van der Waals surface area contributed by atoms with Gasteiger partial charge in [0.15, 0.2) is 15.7 Å². The highest BCUT2D eigenvalue weighted by Gasteiger charge is 2.31. The lowest BCUT2D eigenvalue weighted by molar-refractivity contribution is 0.196. The third kappa shape index (κ3) is 4.19. The summed E-state index contributed by atoms with van der Waals surface area (Å²) in [6.45, 7) is 0.413. The van der Waals surface area contributed by atoms with Crippen LogP contribution in [0.25, 0.3) is 17.1 Å². The summed E-state index contributed by atoms with van der Waals surface area (Å²) in [6, 6.07) is 17.5. The van der Waals surface area contributed by atoms with Gasteiger partial charge in [-0.3, -0.25) is 9.47 Å². The molecule has 1 fully saturated rings. The summed E-state index contributed by atoms with van der Waals surface area (Å²) in [4.78, 5) is 2.01. The summed E-state index contributed by atoms with van der Waals surface area (Å²) in [6.07, 6.45) is 0.633. The van der Waals surface area contributed by atoms with Crippen molar-refractivity contribution in [3.05, 3.63) is 59.4 Å². The van der Waals surface area contributed by atoms with Gasteiger partial charge in [0.2, 0.25) is 4.77 Å². The molecule has 1 aromatic heterocycles. The van der Waals surface area contributed by atoms with Crippen molar-refractivity contribution >= 4 is 22.1 Å². The highest BCUT2D eigenvalue weighted by atomic mass is 32.2. The van der Waals surface area contributed by atoms with Crippen molar-refractivity contribution in [1.82, 2.24) is 19.2 Å². The van der Waals surface area contributed by atoms with Crippen LogP contribution in [0.4, 0.5) is 0 Å². The lowest BCUT2D eigenvalue weighted by Crippen LogP contribution is -2.34. The summed E-state index contributed by atoms with van der Waals surface area (Å²) >= 11 is 5.78. The second-order valence-corrected chi connectivity index (χ2v) is 10.1. The third-order valence-electron chi connectivity index (χ3n) is 5.37. The SMILES string of the molecule is COc1cccc(-c2nn(CN(C)C3CCS(=O)(=O)C3)c(=S)n2-c2ccccc2)c1. The Bertz CT molecular complexity index is 1200. The summed E-state index contributed by atoms with van der Waals surface area (Å²) in [5.41, 5.74) is 1.80. The number of hydrogen-bond acceptors (Lipinski definition) is 6. The molecule has 1 saturated heterocycles. The molecule has 158 valence electrons. The van der Waals surface area contributed by atoms with Crippen LogP contribution in [0.2, 0.25) is 0 Å². The van der Waals surface area contributed by atoms with E-state index in [2.05, 4.69) is 0 Å². The first-order chi connectivity index (χ1) is 14.4. The number of nitrogens with zero attached hydrogens (tertiary/aromatic N) is 4. The average molecular weight is 445 g/mol. The van der Waals surface area contributed by atoms with Crippen molar-refractivity contribution in [3.63, 3.8) is 0 Å². The zero-order valence-corrected chi connectivity index (χ0v) is 18.6. The maximum atomic E-state index is 11.9. The molecule has 1 unspecified atom stereocenters. The Kier molecular flexibility index (Phi) is 5.77. The van der Waals surface area contributed by atoms with Crippen LogP contribution in [0.5, 0.6) is 5.75 Å². The number of hydrogen-bond donors (Lipinski definition) is 0. The first-order valence-corrected chi connectivity index (χ1v) is 11.9. The van der Waals surface area contributed by atoms with E-state index < -0.39 is 9.84 Å². The molecule has 1 atom stereocenters. The van der Waals surface area contributed by atoms with Crippen molar-refractivity contribution in [3.8, 4) is 22.8 Å². The van der Waals surface area contributed by atoms with Crippen molar-refractivity contribution < 1.29 is 13.2 Å². The van der Waals surface area contributed by atoms with E-state index in [1.807, 2.05) is 71.1 Å². The van der Waals surface area contributed by atoms with E-state index in [-0.39, 0.29) is 17.5 Å². The molecular formula is C21H24N4O3S2. The van der Waals surface area contributed by atoms with E-state index in [4.69, 9.17) is 22.1 Å². The second-order valence-electron chi connectivity index (χ2n) is 7.46. The van der Waals surface area contributed by atoms with Crippen LogP contribution in [0.15, 0.2) is 54.6 Å². The molecule has 0 spiro atoms. The Balaban J connectivity index is 1.75. The van der Waals surface area contributed by atoms with Gasteiger partial charge in [0, 0.05) is 17.3 Å². The van der Waals surface area contributed by atoms with Crippen LogP contribution in [0.3, 0.4) is 0 Å². The van der Waals surface area contributed by atoms with Gasteiger partial charge in [-0.05, 0) is 50.0 Å². The van der Waals surface area contributed by atoms with E-state index in [1.165, 1.54) is 0 Å². The molecular weight excluding hydrogens is 420 g/mol. The molecule has 2 heterocycles. The van der Waals surface area contributed by atoms with Gasteiger partial charge in [-0.15, -0.1) is 5.10 Å². The fourth-order valence-corrected chi connectivity index (χ4v) is 5.80. The molecule has 30 heavy (non-hydrogen) atoms. The van der Waals surface area contributed by atoms with Gasteiger partial charge in [0.05, 0.1) is 25.3 Å². The van der Waals surface area contributed by atoms with E-state index in [0.717, 1.165) is 17.0 Å². The number of para-hydroxylation sites is 1. The predicted molar refractivity (Wildman–Crippen MR) is 119 cm³/mol. The summed E-state index contributed by atoms with van der Waals surface area (Å²) in [5, 5.41) is 4.81. The lowest BCUT2D eigenvalue weighted by atomic mass is 10.2. The van der Waals surface area contributed by atoms with E-state index >= 15 is 0 Å². The largest absolute Gasteiger partial charge is 0.497 e. The zero-order chi connectivity index (χ0) is 21.3. The number of rotatable bonds is 6. The normalized spacial score (nSPS) is 18.0. The Morgan fingerprint density at radius 2 is 1.97 bits per heavy atom. The third-order valence-corrected chi connectivity index (χ3v) is 7.51. The van der Waals surface area contributed by atoms with Crippen molar-refractivity contribution in [2.45, 2.75) is 19.1 Å². The molecule has 2 aromatic carbocycles. The Morgan fingerprint density at radius 3 is 2.63 bits per heavy atom. The minimum absolute atomic E-state index is 0.0287. The molecule has 9 heteroatoms. The molecule has 4 rings (SSSR count). The molecule has 1 aliphatic rings. The van der Waals surface area contributed by atoms with Gasteiger partial charge in [-0.2, -0.15) is 0 Å². The van der Waals surface area contributed by atoms with Gasteiger partial charge < -0.3 is 4.74 Å². The molecule has 0 aliphatic carbocycles. The van der Waals surface area contributed by atoms with Crippen molar-refractivity contribution in [2.75, 3.05) is 25.7 Å². The Labute approximate surface area is 181 Å². The summed E-state index contributed by atoms with van der Waals surface area (Å²) in [5.74, 6) is 1.86. The topological polar surface area (TPSA) is 69.4 Å². The highest BCUT2D eigenvalue weighted by molar-refractivity contribution is 7.91. The molecule has 3 aromatic rings. The molecule has 1 aliphatic heterocycles. The van der Waals surface area contributed by atoms with E-state index in [1.54, 1.807) is 11.8 Å². The summed E-state index contributed by atoms with van der Waals surface area (Å²) < 4.78 is 33.3. The van der Waals surface area contributed by atoms with Gasteiger partial charge in [-0.25, -0.2) is 13.1 Å². The van der Waals surface area contributed by atoms with Gasteiger partial charge in [0.1, 0.15) is 5.75 Å². The minimum atomic E-state index is -2.96. The molecule has 0 radical (unpaired) electrons. The minimum Gasteiger partial charge on any atom is -0.497 e. The predicted octanol–water partition coefficient (Wildman–Crippen LogP) is 3.16. The van der Waals surface area contributed by atoms with Crippen LogP contribution in [-0.4, -0.2) is 59.4 Å². The quantitative estimate of drug-likeness (QED) is 0.544. The molecule has 7 nitrogen and oxygen atoms in total. The van der Waals surface area contributed by atoms with Crippen LogP contribution in [-0.2, 0) is 16.5 Å². The van der Waals surface area contributed by atoms with E-state index in [0.29, 0.717) is 23.7 Å². The van der Waals surface area contributed by atoms with Crippen LogP contribution >= 0.6 is 12.2 Å². The van der Waals surface area contributed by atoms with Crippen LogP contribution < -0.4 is 4.74 Å². The first-order valence-electron chi connectivity index (χ1n) is 9.68. The number of methoxy groups -OCH3 is 1. The number of benzene rings is 2. The maximum Gasteiger partial charge on any atom is 0.204 e. The first kappa shape index (κ1) is 20.8. The Hall–Kier alpha value is -2.49. The fraction of sp³-hybridized carbons (Fsp3) is 0.333. The lowest BCUT2D eigenvalue weighted by Gasteiger charge is -2.22. The fourth-order valence-electron chi connectivity index (χ4n) is 3.71. The highest BCUT2D eigenvalue weighted by Crippen LogP contribution is 2.26. The van der Waals surface area contributed by atoms with E-state index in [9.17, 15) is 8.42 Å². The smallest absolute Gasteiger partial charge is 0.204 e. The van der Waals surface area contributed by atoms with Crippen molar-refractivity contribution in [2.24, 2.45) is 0 Å². The van der Waals surface area contributed by atoms with Gasteiger partial charge in [-0.1, -0.05) is 30.3 Å². The van der Waals surface area contributed by atoms with Crippen LogP contribution in [0.1, 0.15) is 6.42 Å².